The molecule has 2 aliphatic heterocycles. The SMILES string of the molecule is CN(C)CC=CC(=O)N1CC2(CC2)c2ccc(Nc3nc(Nc4ccc(N5CCN(C)CC5)cc4)ncc3F)cc21. The molecule has 2 aromatic carbocycles. The minimum Gasteiger partial charge on any atom is -0.369 e. The number of piperazine rings is 1. The zero-order valence-electron chi connectivity index (χ0n) is 23.9. The molecule has 2 fully saturated rings. The van der Waals surface area contributed by atoms with Crippen molar-refractivity contribution < 1.29 is 9.18 Å². The van der Waals surface area contributed by atoms with E-state index in [0.717, 1.165) is 56.6 Å². The monoisotopic (exact) mass is 556 g/mol. The zero-order valence-corrected chi connectivity index (χ0v) is 23.9. The van der Waals surface area contributed by atoms with Gasteiger partial charge in [-0.05, 0) is 75.9 Å². The molecule has 0 unspecified atom stereocenters. The van der Waals surface area contributed by atoms with Gasteiger partial charge >= 0.3 is 0 Å². The summed E-state index contributed by atoms with van der Waals surface area (Å²) in [4.78, 5) is 30.2. The fourth-order valence-corrected chi connectivity index (χ4v) is 5.58. The van der Waals surface area contributed by atoms with Crippen LogP contribution in [0.25, 0.3) is 0 Å². The molecule has 2 N–H and O–H groups in total. The molecular weight excluding hydrogens is 519 g/mol. The van der Waals surface area contributed by atoms with Gasteiger partial charge in [0.2, 0.25) is 5.95 Å². The molecule has 1 aromatic heterocycles. The van der Waals surface area contributed by atoms with Gasteiger partial charge in [0.1, 0.15) is 0 Å². The molecule has 0 bridgehead atoms. The number of halogens is 1. The Bertz CT molecular complexity index is 1440. The largest absolute Gasteiger partial charge is 0.369 e. The number of rotatable bonds is 8. The van der Waals surface area contributed by atoms with E-state index in [1.54, 1.807) is 6.08 Å². The van der Waals surface area contributed by atoms with Gasteiger partial charge in [0.25, 0.3) is 5.91 Å². The van der Waals surface area contributed by atoms with Crippen molar-refractivity contribution in [2.24, 2.45) is 0 Å². The van der Waals surface area contributed by atoms with Crippen LogP contribution >= 0.6 is 0 Å². The Balaban J connectivity index is 1.16. The third kappa shape index (κ3) is 5.89. The maximum Gasteiger partial charge on any atom is 0.250 e. The molecule has 1 amide bonds. The van der Waals surface area contributed by atoms with Gasteiger partial charge in [0.15, 0.2) is 11.6 Å². The van der Waals surface area contributed by atoms with Crippen molar-refractivity contribution in [1.82, 2.24) is 19.8 Å². The lowest BCUT2D eigenvalue weighted by molar-refractivity contribution is -0.114. The number of hydrogen-bond donors (Lipinski definition) is 2. The van der Waals surface area contributed by atoms with E-state index in [4.69, 9.17) is 0 Å². The van der Waals surface area contributed by atoms with E-state index in [1.165, 1.54) is 11.3 Å². The predicted octanol–water partition coefficient (Wildman–Crippen LogP) is 4.35. The van der Waals surface area contributed by atoms with Gasteiger partial charge < -0.3 is 30.2 Å². The Hall–Kier alpha value is -4.02. The number of anilines is 6. The molecule has 1 aliphatic carbocycles. The van der Waals surface area contributed by atoms with Gasteiger partial charge in [-0.2, -0.15) is 4.98 Å². The minimum absolute atomic E-state index is 0.0348. The summed E-state index contributed by atoms with van der Waals surface area (Å²) in [7, 11) is 6.08. The molecule has 41 heavy (non-hydrogen) atoms. The Morgan fingerprint density at radius 3 is 2.49 bits per heavy atom. The lowest BCUT2D eigenvalue weighted by atomic mass is 9.98. The van der Waals surface area contributed by atoms with Crippen molar-refractivity contribution in [3.63, 3.8) is 0 Å². The summed E-state index contributed by atoms with van der Waals surface area (Å²) < 4.78 is 14.8. The van der Waals surface area contributed by atoms with Crippen LogP contribution in [0.3, 0.4) is 0 Å². The van der Waals surface area contributed by atoms with Crippen molar-refractivity contribution in [3.8, 4) is 0 Å². The topological polar surface area (TPSA) is 79.9 Å². The zero-order chi connectivity index (χ0) is 28.6. The van der Waals surface area contributed by atoms with Gasteiger partial charge in [-0.25, -0.2) is 9.37 Å². The average molecular weight is 557 g/mol. The first kappa shape index (κ1) is 27.2. The molecule has 3 aromatic rings. The second-order valence-electron chi connectivity index (χ2n) is 11.6. The maximum absolute atomic E-state index is 14.8. The highest BCUT2D eigenvalue weighted by atomic mass is 19.1. The summed E-state index contributed by atoms with van der Waals surface area (Å²) >= 11 is 0. The van der Waals surface area contributed by atoms with Crippen molar-refractivity contribution in [1.29, 1.82) is 0 Å². The van der Waals surface area contributed by atoms with Crippen LogP contribution < -0.4 is 20.4 Å². The fraction of sp³-hybridized carbons (Fsp3) is 0.387. The maximum atomic E-state index is 14.8. The van der Waals surface area contributed by atoms with E-state index in [0.29, 0.717) is 24.7 Å². The molecule has 0 radical (unpaired) electrons. The molecule has 1 spiro atoms. The molecule has 3 aliphatic rings. The molecule has 10 heteroatoms. The third-order valence-corrected chi connectivity index (χ3v) is 8.17. The van der Waals surface area contributed by atoms with E-state index in [2.05, 4.69) is 55.6 Å². The highest BCUT2D eigenvalue weighted by Crippen LogP contribution is 2.57. The Labute approximate surface area is 240 Å². The van der Waals surface area contributed by atoms with E-state index in [1.807, 2.05) is 54.2 Å². The van der Waals surface area contributed by atoms with Crippen LogP contribution in [0.2, 0.25) is 0 Å². The highest BCUT2D eigenvalue weighted by molar-refractivity contribution is 6.04. The van der Waals surface area contributed by atoms with Crippen LogP contribution in [0.1, 0.15) is 18.4 Å². The lowest BCUT2D eigenvalue weighted by Crippen LogP contribution is -2.44. The number of hydrogen-bond acceptors (Lipinski definition) is 8. The van der Waals surface area contributed by atoms with E-state index in [-0.39, 0.29) is 17.1 Å². The number of benzene rings is 2. The minimum atomic E-state index is -0.556. The van der Waals surface area contributed by atoms with Crippen molar-refractivity contribution in [2.45, 2.75) is 18.3 Å². The van der Waals surface area contributed by atoms with E-state index < -0.39 is 5.82 Å². The first-order valence-corrected chi connectivity index (χ1v) is 14.2. The van der Waals surface area contributed by atoms with Crippen LogP contribution in [-0.4, -0.2) is 86.1 Å². The van der Waals surface area contributed by atoms with Crippen molar-refractivity contribution in [3.05, 3.63) is 72.2 Å². The molecule has 6 rings (SSSR count). The third-order valence-electron chi connectivity index (χ3n) is 8.17. The van der Waals surface area contributed by atoms with Crippen LogP contribution in [0.15, 0.2) is 60.8 Å². The first-order chi connectivity index (χ1) is 19.8. The van der Waals surface area contributed by atoms with E-state index in [9.17, 15) is 9.18 Å². The number of fused-ring (bicyclic) bond motifs is 2. The second kappa shape index (κ2) is 11.1. The summed E-state index contributed by atoms with van der Waals surface area (Å²) in [6.45, 7) is 5.48. The average Bonchev–Trinajstić information content (AvgIpc) is 3.67. The standard InChI is InChI=1S/C31H37FN8O/c1-37(2)14-4-5-28(41)40-21-31(12-13-31)25-11-8-23(19-27(25)40)34-29-26(32)20-33-30(36-29)35-22-6-9-24(10-7-22)39-17-15-38(3)16-18-39/h4-11,19-20H,12-18,21H2,1-3H3,(H2,33,34,35,36). The van der Waals surface area contributed by atoms with Crippen LogP contribution in [-0.2, 0) is 10.2 Å². The highest BCUT2D eigenvalue weighted by Gasteiger charge is 2.52. The van der Waals surface area contributed by atoms with E-state index >= 15 is 0 Å². The smallest absolute Gasteiger partial charge is 0.250 e. The number of carbonyl (C=O) groups is 1. The predicted molar refractivity (Wildman–Crippen MR) is 162 cm³/mol. The number of nitrogens with zero attached hydrogens (tertiary/aromatic N) is 6. The summed E-state index contributed by atoms with van der Waals surface area (Å²) in [6, 6.07) is 14.0. The summed E-state index contributed by atoms with van der Waals surface area (Å²) in [5, 5.41) is 6.29. The number of nitrogens with one attached hydrogen (secondary N) is 2. The molecular formula is C31H37FN8O. The molecule has 214 valence electrons. The summed E-state index contributed by atoms with van der Waals surface area (Å²) in [6.07, 6.45) is 6.83. The molecule has 3 heterocycles. The van der Waals surface area contributed by atoms with Crippen LogP contribution in [0.5, 0.6) is 0 Å². The quantitative estimate of drug-likeness (QED) is 0.397. The van der Waals surface area contributed by atoms with Gasteiger partial charge in [-0.3, -0.25) is 4.79 Å². The number of amides is 1. The Morgan fingerprint density at radius 1 is 1.05 bits per heavy atom. The number of carbonyl (C=O) groups excluding carboxylic acids is 1. The fourth-order valence-electron chi connectivity index (χ4n) is 5.58. The normalized spacial score (nSPS) is 17.9. The van der Waals surface area contributed by atoms with Gasteiger partial charge in [0.05, 0.1) is 6.20 Å². The first-order valence-electron chi connectivity index (χ1n) is 14.2. The molecule has 9 nitrogen and oxygen atoms in total. The van der Waals surface area contributed by atoms with Gasteiger partial charge in [-0.1, -0.05) is 12.1 Å². The van der Waals surface area contributed by atoms with Gasteiger partial charge in [0, 0.05) is 73.5 Å². The number of likely N-dealkylation sites (N-methyl/N-ethyl adjacent to an activating group) is 2. The van der Waals surface area contributed by atoms with Crippen molar-refractivity contribution >= 4 is 40.4 Å². The molecule has 0 atom stereocenters. The van der Waals surface area contributed by atoms with Gasteiger partial charge in [-0.15, -0.1) is 0 Å². The molecule has 1 saturated heterocycles. The van der Waals surface area contributed by atoms with Crippen LogP contribution in [0, 0.1) is 5.82 Å². The summed E-state index contributed by atoms with van der Waals surface area (Å²) in [5.41, 5.74) is 4.77. The van der Waals surface area contributed by atoms with Crippen LogP contribution in [0.4, 0.5) is 38.9 Å². The molecule has 1 saturated carbocycles. The van der Waals surface area contributed by atoms with Crippen molar-refractivity contribution in [2.75, 3.05) is 80.8 Å². The number of aromatic nitrogens is 2. The second-order valence-corrected chi connectivity index (χ2v) is 11.6. The Kier molecular flexibility index (Phi) is 7.35. The lowest BCUT2D eigenvalue weighted by Gasteiger charge is -2.34. The Morgan fingerprint density at radius 2 is 1.78 bits per heavy atom. The summed E-state index contributed by atoms with van der Waals surface area (Å²) in [5.74, 6) is -0.228.